The molecule has 20 heavy (non-hydrogen) atoms. The fourth-order valence-electron chi connectivity index (χ4n) is 2.79. The molecule has 1 saturated heterocycles. The van der Waals surface area contributed by atoms with Crippen molar-refractivity contribution in [2.45, 2.75) is 25.4 Å². The lowest BCUT2D eigenvalue weighted by atomic mass is 9.98. The van der Waals surface area contributed by atoms with Gasteiger partial charge < -0.3 is 15.8 Å². The van der Waals surface area contributed by atoms with Gasteiger partial charge in [0.05, 0.1) is 13.2 Å². The number of benzene rings is 1. The van der Waals surface area contributed by atoms with E-state index in [0.717, 1.165) is 24.4 Å². The standard InChI is InChI=1S/C15H23N3O2/c1-11(16)15(12-5-3-4-6-13(12)20-2)18-9-7-14(19)17-8-10-18/h3-6,11,15H,7-10,16H2,1-2H3,(H,17,19). The van der Waals surface area contributed by atoms with E-state index in [1.165, 1.54) is 0 Å². The van der Waals surface area contributed by atoms with Crippen LogP contribution in [0.25, 0.3) is 0 Å². The predicted octanol–water partition coefficient (Wildman–Crippen LogP) is 0.905. The molecule has 1 fully saturated rings. The van der Waals surface area contributed by atoms with Gasteiger partial charge in [0.2, 0.25) is 5.91 Å². The van der Waals surface area contributed by atoms with Crippen molar-refractivity contribution in [1.29, 1.82) is 0 Å². The Bertz CT molecular complexity index is 462. The first kappa shape index (κ1) is 14.8. The van der Waals surface area contributed by atoms with E-state index in [0.29, 0.717) is 13.0 Å². The molecule has 2 atom stereocenters. The van der Waals surface area contributed by atoms with Gasteiger partial charge in [-0.2, -0.15) is 0 Å². The number of nitrogens with two attached hydrogens (primary N) is 1. The minimum absolute atomic E-state index is 0.0421. The summed E-state index contributed by atoms with van der Waals surface area (Å²) in [5, 5.41) is 2.90. The average molecular weight is 277 g/mol. The molecule has 1 aromatic rings. The van der Waals surface area contributed by atoms with Gasteiger partial charge in [-0.15, -0.1) is 0 Å². The van der Waals surface area contributed by atoms with Gasteiger partial charge in [0, 0.05) is 37.7 Å². The minimum atomic E-state index is -0.0421. The van der Waals surface area contributed by atoms with Crippen LogP contribution in [-0.4, -0.2) is 43.6 Å². The van der Waals surface area contributed by atoms with Crippen LogP contribution in [0.2, 0.25) is 0 Å². The van der Waals surface area contributed by atoms with Gasteiger partial charge in [-0.1, -0.05) is 18.2 Å². The molecule has 110 valence electrons. The van der Waals surface area contributed by atoms with E-state index in [2.05, 4.69) is 10.2 Å². The van der Waals surface area contributed by atoms with Crippen molar-refractivity contribution in [3.05, 3.63) is 29.8 Å². The average Bonchev–Trinajstić information content (AvgIpc) is 2.64. The van der Waals surface area contributed by atoms with Crippen LogP contribution in [0.1, 0.15) is 24.9 Å². The number of rotatable bonds is 4. The first-order valence-electron chi connectivity index (χ1n) is 7.02. The molecule has 1 amide bonds. The minimum Gasteiger partial charge on any atom is -0.496 e. The Morgan fingerprint density at radius 3 is 2.80 bits per heavy atom. The quantitative estimate of drug-likeness (QED) is 0.858. The molecule has 5 heteroatoms. The van der Waals surface area contributed by atoms with Gasteiger partial charge in [-0.3, -0.25) is 9.69 Å². The Balaban J connectivity index is 2.28. The number of nitrogens with one attached hydrogen (secondary N) is 1. The molecule has 3 N–H and O–H groups in total. The maximum atomic E-state index is 11.5. The van der Waals surface area contributed by atoms with Gasteiger partial charge in [-0.05, 0) is 13.0 Å². The van der Waals surface area contributed by atoms with Crippen LogP contribution in [0.15, 0.2) is 24.3 Å². The number of methoxy groups -OCH3 is 1. The van der Waals surface area contributed by atoms with Crippen molar-refractivity contribution >= 4 is 5.91 Å². The molecular weight excluding hydrogens is 254 g/mol. The number of ether oxygens (including phenoxy) is 1. The van der Waals surface area contributed by atoms with Gasteiger partial charge in [0.15, 0.2) is 0 Å². The largest absolute Gasteiger partial charge is 0.496 e. The summed E-state index contributed by atoms with van der Waals surface area (Å²) in [6.45, 7) is 4.18. The van der Waals surface area contributed by atoms with Crippen molar-refractivity contribution in [2.24, 2.45) is 5.73 Å². The Morgan fingerprint density at radius 2 is 2.10 bits per heavy atom. The van der Waals surface area contributed by atoms with Crippen molar-refractivity contribution in [1.82, 2.24) is 10.2 Å². The number of amides is 1. The fourth-order valence-corrected chi connectivity index (χ4v) is 2.79. The lowest BCUT2D eigenvalue weighted by Gasteiger charge is -2.34. The van der Waals surface area contributed by atoms with Crippen molar-refractivity contribution < 1.29 is 9.53 Å². The zero-order valence-corrected chi connectivity index (χ0v) is 12.1. The lowest BCUT2D eigenvalue weighted by Crippen LogP contribution is -2.41. The highest BCUT2D eigenvalue weighted by Gasteiger charge is 2.28. The van der Waals surface area contributed by atoms with Gasteiger partial charge in [-0.25, -0.2) is 0 Å². The summed E-state index contributed by atoms with van der Waals surface area (Å²) in [7, 11) is 1.67. The third-order valence-electron chi connectivity index (χ3n) is 3.70. The molecule has 2 rings (SSSR count). The first-order valence-corrected chi connectivity index (χ1v) is 7.02. The maximum absolute atomic E-state index is 11.5. The molecule has 1 aromatic carbocycles. The maximum Gasteiger partial charge on any atom is 0.221 e. The third kappa shape index (κ3) is 3.29. The van der Waals surface area contributed by atoms with E-state index in [9.17, 15) is 4.79 Å². The molecular formula is C15H23N3O2. The van der Waals surface area contributed by atoms with Crippen LogP contribution in [0.5, 0.6) is 5.75 Å². The van der Waals surface area contributed by atoms with E-state index < -0.39 is 0 Å². The van der Waals surface area contributed by atoms with Crippen LogP contribution < -0.4 is 15.8 Å². The summed E-state index contributed by atoms with van der Waals surface area (Å²) in [6.07, 6.45) is 0.512. The molecule has 5 nitrogen and oxygen atoms in total. The van der Waals surface area contributed by atoms with Crippen molar-refractivity contribution in [3.8, 4) is 5.75 Å². The van der Waals surface area contributed by atoms with Crippen LogP contribution in [0.3, 0.4) is 0 Å². The molecule has 1 heterocycles. The van der Waals surface area contributed by atoms with Crippen molar-refractivity contribution in [3.63, 3.8) is 0 Å². The van der Waals surface area contributed by atoms with E-state index >= 15 is 0 Å². The second-order valence-corrected chi connectivity index (χ2v) is 5.18. The topological polar surface area (TPSA) is 67.6 Å². The summed E-state index contributed by atoms with van der Waals surface area (Å²) in [5.74, 6) is 0.953. The van der Waals surface area contributed by atoms with Gasteiger partial charge in [0.25, 0.3) is 0 Å². The summed E-state index contributed by atoms with van der Waals surface area (Å²) in [6, 6.07) is 7.96. The number of carbonyl (C=O) groups excluding carboxylic acids is 1. The normalized spacial score (nSPS) is 19.9. The van der Waals surface area contributed by atoms with Gasteiger partial charge in [0.1, 0.15) is 5.75 Å². The number of carbonyl (C=O) groups is 1. The zero-order valence-electron chi connectivity index (χ0n) is 12.1. The van der Waals surface area contributed by atoms with Crippen molar-refractivity contribution in [2.75, 3.05) is 26.7 Å². The van der Waals surface area contributed by atoms with Crippen LogP contribution in [-0.2, 0) is 4.79 Å². The Labute approximate surface area is 120 Å². The fraction of sp³-hybridized carbons (Fsp3) is 0.533. The number of hydrogen-bond donors (Lipinski definition) is 2. The van der Waals surface area contributed by atoms with Crippen LogP contribution >= 0.6 is 0 Å². The smallest absolute Gasteiger partial charge is 0.221 e. The van der Waals surface area contributed by atoms with Crippen LogP contribution in [0, 0.1) is 0 Å². The highest BCUT2D eigenvalue weighted by Crippen LogP contribution is 2.31. The predicted molar refractivity (Wildman–Crippen MR) is 78.6 cm³/mol. The molecule has 0 radical (unpaired) electrons. The summed E-state index contributed by atoms with van der Waals surface area (Å²) in [4.78, 5) is 13.8. The molecule has 2 unspecified atom stereocenters. The monoisotopic (exact) mass is 277 g/mol. The summed E-state index contributed by atoms with van der Waals surface area (Å²) >= 11 is 0. The second kappa shape index (κ2) is 6.72. The SMILES string of the molecule is COc1ccccc1C(C(C)N)N1CCNC(=O)CC1. The number of para-hydroxylation sites is 1. The Morgan fingerprint density at radius 1 is 1.35 bits per heavy atom. The molecule has 1 aliphatic rings. The summed E-state index contributed by atoms with van der Waals surface area (Å²) < 4.78 is 5.45. The van der Waals surface area contributed by atoms with Crippen LogP contribution in [0.4, 0.5) is 0 Å². The Hall–Kier alpha value is -1.59. The van der Waals surface area contributed by atoms with Gasteiger partial charge >= 0.3 is 0 Å². The van der Waals surface area contributed by atoms with E-state index in [-0.39, 0.29) is 18.0 Å². The zero-order chi connectivity index (χ0) is 14.5. The second-order valence-electron chi connectivity index (χ2n) is 5.18. The van der Waals surface area contributed by atoms with E-state index in [4.69, 9.17) is 10.5 Å². The lowest BCUT2D eigenvalue weighted by molar-refractivity contribution is -0.120. The Kier molecular flexibility index (Phi) is 4.98. The molecule has 1 aliphatic heterocycles. The first-order chi connectivity index (χ1) is 9.63. The highest BCUT2D eigenvalue weighted by atomic mass is 16.5. The number of nitrogens with zero attached hydrogens (tertiary/aromatic N) is 1. The molecule has 0 aliphatic carbocycles. The summed E-state index contributed by atoms with van der Waals surface area (Å²) in [5.41, 5.74) is 7.29. The third-order valence-corrected chi connectivity index (χ3v) is 3.70. The van der Waals surface area contributed by atoms with E-state index in [1.807, 2.05) is 31.2 Å². The highest BCUT2D eigenvalue weighted by molar-refractivity contribution is 5.76. The molecule has 0 spiro atoms. The molecule has 0 aromatic heterocycles. The number of hydrogen-bond acceptors (Lipinski definition) is 4. The van der Waals surface area contributed by atoms with E-state index in [1.54, 1.807) is 7.11 Å². The molecule has 0 bridgehead atoms. The molecule has 0 saturated carbocycles.